The fourth-order valence-electron chi connectivity index (χ4n) is 3.57. The number of rotatable bonds is 4. The van der Waals surface area contributed by atoms with Crippen molar-refractivity contribution in [3.8, 4) is 0 Å². The fourth-order valence-corrected chi connectivity index (χ4v) is 3.57. The highest BCUT2D eigenvalue weighted by Gasteiger charge is 2.41. The minimum atomic E-state index is -0.191. The SMILES string of the molecule is CCNC(=NCC(C)C(=O)OC)N1CCC2(CCCC2)C1. The van der Waals surface area contributed by atoms with E-state index in [1.165, 1.54) is 39.2 Å². The summed E-state index contributed by atoms with van der Waals surface area (Å²) >= 11 is 0. The molecule has 1 aliphatic heterocycles. The van der Waals surface area contributed by atoms with Gasteiger partial charge in [-0.3, -0.25) is 9.79 Å². The Balaban J connectivity index is 1.97. The Kier molecular flexibility index (Phi) is 5.48. The summed E-state index contributed by atoms with van der Waals surface area (Å²) in [7, 11) is 1.43. The molecule has 2 aliphatic rings. The van der Waals surface area contributed by atoms with E-state index >= 15 is 0 Å². The zero-order valence-electron chi connectivity index (χ0n) is 13.7. The van der Waals surface area contributed by atoms with Gasteiger partial charge in [0, 0.05) is 19.6 Å². The number of carbonyl (C=O) groups excluding carboxylic acids is 1. The first-order valence-electron chi connectivity index (χ1n) is 8.21. The summed E-state index contributed by atoms with van der Waals surface area (Å²) in [6.45, 7) is 7.49. The van der Waals surface area contributed by atoms with Crippen LogP contribution in [0.2, 0.25) is 0 Å². The number of methoxy groups -OCH3 is 1. The van der Waals surface area contributed by atoms with Gasteiger partial charge in [-0.15, -0.1) is 0 Å². The normalized spacial score (nSPS) is 22.6. The van der Waals surface area contributed by atoms with Gasteiger partial charge in [0.05, 0.1) is 19.6 Å². The highest BCUT2D eigenvalue weighted by molar-refractivity contribution is 5.81. The van der Waals surface area contributed by atoms with Crippen molar-refractivity contribution >= 4 is 11.9 Å². The van der Waals surface area contributed by atoms with E-state index in [0.717, 1.165) is 25.6 Å². The van der Waals surface area contributed by atoms with Crippen molar-refractivity contribution in [2.24, 2.45) is 16.3 Å². The first-order chi connectivity index (χ1) is 10.1. The molecule has 0 aromatic carbocycles. The molecule has 0 aromatic heterocycles. The molecule has 2 fully saturated rings. The van der Waals surface area contributed by atoms with Crippen molar-refractivity contribution in [2.75, 3.05) is 33.3 Å². The van der Waals surface area contributed by atoms with Crippen LogP contribution in [0.1, 0.15) is 46.0 Å². The molecule has 21 heavy (non-hydrogen) atoms. The Labute approximate surface area is 128 Å². The van der Waals surface area contributed by atoms with E-state index in [0.29, 0.717) is 12.0 Å². The molecule has 1 atom stereocenters. The minimum Gasteiger partial charge on any atom is -0.469 e. The molecule has 0 bridgehead atoms. The largest absolute Gasteiger partial charge is 0.469 e. The van der Waals surface area contributed by atoms with E-state index in [-0.39, 0.29) is 11.9 Å². The van der Waals surface area contributed by atoms with E-state index in [9.17, 15) is 4.79 Å². The van der Waals surface area contributed by atoms with Gasteiger partial charge < -0.3 is 15.0 Å². The summed E-state index contributed by atoms with van der Waals surface area (Å²) in [6.07, 6.45) is 6.76. The van der Waals surface area contributed by atoms with Crippen LogP contribution in [0.25, 0.3) is 0 Å². The Morgan fingerprint density at radius 3 is 2.71 bits per heavy atom. The molecule has 5 nitrogen and oxygen atoms in total. The fraction of sp³-hybridized carbons (Fsp3) is 0.875. The van der Waals surface area contributed by atoms with E-state index in [1.54, 1.807) is 0 Å². The highest BCUT2D eigenvalue weighted by atomic mass is 16.5. The molecule has 0 radical (unpaired) electrons. The third-order valence-electron chi connectivity index (χ3n) is 4.86. The van der Waals surface area contributed by atoms with E-state index in [2.05, 4.69) is 22.1 Å². The summed E-state index contributed by atoms with van der Waals surface area (Å²) in [4.78, 5) is 18.5. The number of carbonyl (C=O) groups is 1. The summed E-state index contributed by atoms with van der Waals surface area (Å²) in [5.41, 5.74) is 0.532. The average molecular weight is 295 g/mol. The first kappa shape index (κ1) is 16.1. The molecule has 1 heterocycles. The predicted molar refractivity (Wildman–Crippen MR) is 84.2 cm³/mol. The Morgan fingerprint density at radius 2 is 2.10 bits per heavy atom. The van der Waals surface area contributed by atoms with Crippen molar-refractivity contribution in [1.82, 2.24) is 10.2 Å². The molecule has 1 saturated carbocycles. The lowest BCUT2D eigenvalue weighted by molar-refractivity contribution is -0.144. The quantitative estimate of drug-likeness (QED) is 0.490. The van der Waals surface area contributed by atoms with E-state index in [1.807, 2.05) is 6.92 Å². The monoisotopic (exact) mass is 295 g/mol. The molecule has 0 aromatic rings. The zero-order chi connectivity index (χ0) is 15.3. The van der Waals surface area contributed by atoms with Crippen LogP contribution in [-0.4, -0.2) is 50.1 Å². The Bertz CT molecular complexity index is 389. The third-order valence-corrected chi connectivity index (χ3v) is 4.86. The number of guanidine groups is 1. The average Bonchev–Trinajstić information content (AvgIpc) is 3.13. The maximum atomic E-state index is 11.5. The van der Waals surface area contributed by atoms with Gasteiger partial charge in [-0.05, 0) is 31.6 Å². The smallest absolute Gasteiger partial charge is 0.310 e. The second kappa shape index (κ2) is 7.14. The lowest BCUT2D eigenvalue weighted by Crippen LogP contribution is -2.41. The lowest BCUT2D eigenvalue weighted by atomic mass is 9.86. The molecular weight excluding hydrogens is 266 g/mol. The molecule has 1 N–H and O–H groups in total. The number of ether oxygens (including phenoxy) is 1. The Hall–Kier alpha value is -1.26. The first-order valence-corrected chi connectivity index (χ1v) is 8.21. The molecule has 2 rings (SSSR count). The number of aliphatic imine (C=N–C) groups is 1. The second-order valence-electron chi connectivity index (χ2n) is 6.50. The summed E-state index contributed by atoms with van der Waals surface area (Å²) < 4.78 is 4.76. The number of nitrogens with zero attached hydrogens (tertiary/aromatic N) is 2. The second-order valence-corrected chi connectivity index (χ2v) is 6.50. The maximum absolute atomic E-state index is 11.5. The number of hydrogen-bond acceptors (Lipinski definition) is 3. The van der Waals surface area contributed by atoms with Gasteiger partial charge in [-0.1, -0.05) is 19.8 Å². The molecule has 0 amide bonds. The van der Waals surface area contributed by atoms with Crippen LogP contribution in [0, 0.1) is 11.3 Å². The van der Waals surface area contributed by atoms with Crippen molar-refractivity contribution in [3.63, 3.8) is 0 Å². The van der Waals surface area contributed by atoms with Crippen LogP contribution in [0.15, 0.2) is 4.99 Å². The van der Waals surface area contributed by atoms with Gasteiger partial charge in [-0.2, -0.15) is 0 Å². The summed E-state index contributed by atoms with van der Waals surface area (Å²) in [6, 6.07) is 0. The summed E-state index contributed by atoms with van der Waals surface area (Å²) in [5.74, 6) is 0.576. The molecule has 5 heteroatoms. The molecule has 120 valence electrons. The van der Waals surface area contributed by atoms with Gasteiger partial charge in [0.2, 0.25) is 0 Å². The van der Waals surface area contributed by atoms with Crippen LogP contribution in [-0.2, 0) is 9.53 Å². The molecular formula is C16H29N3O2. The van der Waals surface area contributed by atoms with Crippen molar-refractivity contribution < 1.29 is 9.53 Å². The Morgan fingerprint density at radius 1 is 1.38 bits per heavy atom. The van der Waals surface area contributed by atoms with Crippen LogP contribution in [0.4, 0.5) is 0 Å². The lowest BCUT2D eigenvalue weighted by Gasteiger charge is -2.26. The van der Waals surface area contributed by atoms with Crippen LogP contribution in [0.3, 0.4) is 0 Å². The summed E-state index contributed by atoms with van der Waals surface area (Å²) in [5, 5.41) is 3.37. The molecule has 1 spiro atoms. The standard InChI is InChI=1S/C16H29N3O2/c1-4-17-15(18-11-13(2)14(20)21-3)19-10-9-16(12-19)7-5-6-8-16/h13H,4-12H2,1-3H3,(H,17,18). The third kappa shape index (κ3) is 3.89. The van der Waals surface area contributed by atoms with Gasteiger partial charge in [0.1, 0.15) is 0 Å². The van der Waals surface area contributed by atoms with E-state index < -0.39 is 0 Å². The van der Waals surface area contributed by atoms with Gasteiger partial charge in [-0.25, -0.2) is 0 Å². The van der Waals surface area contributed by atoms with Gasteiger partial charge in [0.25, 0.3) is 0 Å². The maximum Gasteiger partial charge on any atom is 0.310 e. The highest BCUT2D eigenvalue weighted by Crippen LogP contribution is 2.45. The van der Waals surface area contributed by atoms with Crippen LogP contribution >= 0.6 is 0 Å². The minimum absolute atomic E-state index is 0.188. The zero-order valence-corrected chi connectivity index (χ0v) is 13.7. The van der Waals surface area contributed by atoms with Gasteiger partial charge >= 0.3 is 5.97 Å². The van der Waals surface area contributed by atoms with E-state index in [4.69, 9.17) is 4.74 Å². The van der Waals surface area contributed by atoms with Crippen LogP contribution in [0.5, 0.6) is 0 Å². The topological polar surface area (TPSA) is 53.9 Å². The number of likely N-dealkylation sites (tertiary alicyclic amines) is 1. The van der Waals surface area contributed by atoms with Crippen molar-refractivity contribution in [2.45, 2.75) is 46.0 Å². The molecule has 1 aliphatic carbocycles. The molecule has 1 unspecified atom stereocenters. The van der Waals surface area contributed by atoms with Gasteiger partial charge in [0.15, 0.2) is 5.96 Å². The number of nitrogens with one attached hydrogen (secondary N) is 1. The number of esters is 1. The van der Waals surface area contributed by atoms with Crippen LogP contribution < -0.4 is 5.32 Å². The number of hydrogen-bond donors (Lipinski definition) is 1. The van der Waals surface area contributed by atoms with Crippen molar-refractivity contribution in [3.05, 3.63) is 0 Å². The molecule has 1 saturated heterocycles. The predicted octanol–water partition coefficient (Wildman–Crippen LogP) is 2.03. The van der Waals surface area contributed by atoms with Crippen molar-refractivity contribution in [1.29, 1.82) is 0 Å².